The smallest absolute Gasteiger partial charge is 0.238 e. The van der Waals surface area contributed by atoms with E-state index in [1.54, 1.807) is 24.3 Å². The molecule has 0 fully saturated rings. The fraction of sp³-hybridized carbons (Fsp3) is 0.188. The van der Waals surface area contributed by atoms with Crippen LogP contribution in [-0.4, -0.2) is 24.4 Å². The van der Waals surface area contributed by atoms with Crippen LogP contribution in [0, 0.1) is 5.82 Å². The van der Waals surface area contributed by atoms with Gasteiger partial charge in [-0.25, -0.2) is 4.39 Å². The maximum Gasteiger partial charge on any atom is 0.238 e. The normalized spacial score (nSPS) is 10.8. The number of hydrogen-bond donors (Lipinski definition) is 1. The SMILES string of the molecule is CN(CC(=O)Nc1cccc(F)c1)Cc1ccc(Cl)c(Cl)c1. The molecule has 0 bridgehead atoms. The molecule has 0 heterocycles. The molecule has 3 nitrogen and oxygen atoms in total. The van der Waals surface area contributed by atoms with Gasteiger partial charge in [0.2, 0.25) is 5.91 Å². The summed E-state index contributed by atoms with van der Waals surface area (Å²) >= 11 is 11.8. The number of hydrogen-bond acceptors (Lipinski definition) is 2. The van der Waals surface area contributed by atoms with Crippen LogP contribution < -0.4 is 5.32 Å². The predicted octanol–water partition coefficient (Wildman–Crippen LogP) is 4.20. The summed E-state index contributed by atoms with van der Waals surface area (Å²) in [5.41, 5.74) is 1.39. The minimum Gasteiger partial charge on any atom is -0.325 e. The van der Waals surface area contributed by atoms with Crippen LogP contribution in [0.2, 0.25) is 10.0 Å². The van der Waals surface area contributed by atoms with Crippen LogP contribution >= 0.6 is 23.2 Å². The Morgan fingerprint density at radius 3 is 2.64 bits per heavy atom. The van der Waals surface area contributed by atoms with Crippen LogP contribution in [0.5, 0.6) is 0 Å². The lowest BCUT2D eigenvalue weighted by Gasteiger charge is -2.16. The highest BCUT2D eigenvalue weighted by Gasteiger charge is 2.09. The fourth-order valence-electron chi connectivity index (χ4n) is 2.02. The summed E-state index contributed by atoms with van der Waals surface area (Å²) in [5, 5.41) is 3.63. The Hall–Kier alpha value is -1.62. The number of benzene rings is 2. The van der Waals surface area contributed by atoms with Gasteiger partial charge in [0, 0.05) is 12.2 Å². The van der Waals surface area contributed by atoms with Gasteiger partial charge in [-0.15, -0.1) is 0 Å². The third-order valence-corrected chi connectivity index (χ3v) is 3.70. The number of amides is 1. The van der Waals surface area contributed by atoms with Crippen molar-refractivity contribution in [3.63, 3.8) is 0 Å². The van der Waals surface area contributed by atoms with Gasteiger partial charge in [-0.3, -0.25) is 9.69 Å². The van der Waals surface area contributed by atoms with Gasteiger partial charge in [0.25, 0.3) is 0 Å². The zero-order chi connectivity index (χ0) is 16.1. The van der Waals surface area contributed by atoms with E-state index in [4.69, 9.17) is 23.2 Å². The Bertz CT molecular complexity index is 679. The highest BCUT2D eigenvalue weighted by atomic mass is 35.5. The average Bonchev–Trinajstić information content (AvgIpc) is 2.42. The minimum absolute atomic E-state index is 0.177. The van der Waals surface area contributed by atoms with Crippen molar-refractivity contribution in [2.75, 3.05) is 18.9 Å². The van der Waals surface area contributed by atoms with E-state index in [1.807, 2.05) is 18.0 Å². The van der Waals surface area contributed by atoms with E-state index in [9.17, 15) is 9.18 Å². The summed E-state index contributed by atoms with van der Waals surface area (Å²) in [4.78, 5) is 13.8. The van der Waals surface area contributed by atoms with E-state index in [2.05, 4.69) is 5.32 Å². The van der Waals surface area contributed by atoms with E-state index < -0.39 is 0 Å². The Kier molecular flexibility index (Phi) is 5.77. The van der Waals surface area contributed by atoms with Crippen molar-refractivity contribution in [3.8, 4) is 0 Å². The molecule has 0 aliphatic carbocycles. The number of rotatable bonds is 5. The molecule has 2 rings (SSSR count). The molecule has 0 aliphatic heterocycles. The van der Waals surface area contributed by atoms with Crippen LogP contribution in [0.3, 0.4) is 0 Å². The molecule has 0 unspecified atom stereocenters. The van der Waals surface area contributed by atoms with Crippen molar-refractivity contribution in [2.24, 2.45) is 0 Å². The van der Waals surface area contributed by atoms with Crippen molar-refractivity contribution < 1.29 is 9.18 Å². The molecule has 1 amide bonds. The summed E-state index contributed by atoms with van der Waals surface area (Å²) in [7, 11) is 1.81. The number of likely N-dealkylation sites (N-methyl/N-ethyl adjacent to an activating group) is 1. The van der Waals surface area contributed by atoms with Gasteiger partial charge in [-0.1, -0.05) is 35.3 Å². The first-order valence-electron chi connectivity index (χ1n) is 6.62. The van der Waals surface area contributed by atoms with Gasteiger partial charge in [0.15, 0.2) is 0 Å². The predicted molar refractivity (Wildman–Crippen MR) is 87.8 cm³/mol. The van der Waals surface area contributed by atoms with Crippen LogP contribution in [-0.2, 0) is 11.3 Å². The molecule has 0 saturated heterocycles. The maximum absolute atomic E-state index is 13.1. The molecule has 2 aromatic rings. The van der Waals surface area contributed by atoms with Gasteiger partial charge >= 0.3 is 0 Å². The van der Waals surface area contributed by atoms with Gasteiger partial charge in [0.1, 0.15) is 5.82 Å². The summed E-state index contributed by atoms with van der Waals surface area (Å²) in [6.07, 6.45) is 0. The Labute approximate surface area is 138 Å². The zero-order valence-corrected chi connectivity index (χ0v) is 13.5. The van der Waals surface area contributed by atoms with Crippen molar-refractivity contribution >= 4 is 34.8 Å². The first kappa shape index (κ1) is 16.7. The zero-order valence-electron chi connectivity index (χ0n) is 11.9. The first-order valence-corrected chi connectivity index (χ1v) is 7.37. The highest BCUT2D eigenvalue weighted by Crippen LogP contribution is 2.23. The van der Waals surface area contributed by atoms with E-state index in [0.29, 0.717) is 22.3 Å². The highest BCUT2D eigenvalue weighted by molar-refractivity contribution is 6.42. The number of nitrogens with zero attached hydrogens (tertiary/aromatic N) is 1. The number of halogens is 3. The summed E-state index contributed by atoms with van der Waals surface area (Å²) in [6.45, 7) is 0.726. The van der Waals surface area contributed by atoms with E-state index in [1.165, 1.54) is 12.1 Å². The molecule has 0 spiro atoms. The summed E-state index contributed by atoms with van der Waals surface area (Å²) < 4.78 is 13.1. The molecular formula is C16H15Cl2FN2O. The van der Waals surface area contributed by atoms with Crippen molar-refractivity contribution in [2.45, 2.75) is 6.54 Å². The average molecular weight is 341 g/mol. The van der Waals surface area contributed by atoms with E-state index >= 15 is 0 Å². The quantitative estimate of drug-likeness (QED) is 0.884. The van der Waals surface area contributed by atoms with E-state index in [0.717, 1.165) is 5.56 Å². The van der Waals surface area contributed by atoms with Gasteiger partial charge in [0.05, 0.1) is 16.6 Å². The topological polar surface area (TPSA) is 32.3 Å². The monoisotopic (exact) mass is 340 g/mol. The third-order valence-electron chi connectivity index (χ3n) is 2.96. The Balaban J connectivity index is 1.89. The number of nitrogens with one attached hydrogen (secondary N) is 1. The molecule has 116 valence electrons. The van der Waals surface area contributed by atoms with Crippen LogP contribution in [0.15, 0.2) is 42.5 Å². The molecule has 0 aliphatic rings. The molecule has 1 N–H and O–H groups in total. The molecular weight excluding hydrogens is 326 g/mol. The Morgan fingerprint density at radius 1 is 1.18 bits per heavy atom. The fourth-order valence-corrected chi connectivity index (χ4v) is 2.34. The lowest BCUT2D eigenvalue weighted by Crippen LogP contribution is -2.29. The second-order valence-corrected chi connectivity index (χ2v) is 5.79. The lowest BCUT2D eigenvalue weighted by atomic mass is 10.2. The largest absolute Gasteiger partial charge is 0.325 e. The second-order valence-electron chi connectivity index (χ2n) is 4.98. The molecule has 22 heavy (non-hydrogen) atoms. The first-order chi connectivity index (χ1) is 10.4. The van der Waals surface area contributed by atoms with Crippen LogP contribution in [0.25, 0.3) is 0 Å². The Morgan fingerprint density at radius 2 is 1.95 bits per heavy atom. The van der Waals surface area contributed by atoms with E-state index in [-0.39, 0.29) is 18.3 Å². The van der Waals surface area contributed by atoms with Crippen molar-refractivity contribution in [1.29, 1.82) is 0 Å². The van der Waals surface area contributed by atoms with Gasteiger partial charge in [-0.2, -0.15) is 0 Å². The minimum atomic E-state index is -0.387. The molecule has 0 saturated carbocycles. The molecule has 0 atom stereocenters. The third kappa shape index (κ3) is 4.98. The summed E-state index contributed by atoms with van der Waals surface area (Å²) in [5.74, 6) is -0.602. The molecule has 0 aromatic heterocycles. The maximum atomic E-state index is 13.1. The van der Waals surface area contributed by atoms with Crippen LogP contribution in [0.1, 0.15) is 5.56 Å². The standard InChI is InChI=1S/C16H15Cl2FN2O/c1-21(9-11-5-6-14(17)15(18)7-11)10-16(22)20-13-4-2-3-12(19)8-13/h2-8H,9-10H2,1H3,(H,20,22). The van der Waals surface area contributed by atoms with Gasteiger partial charge in [-0.05, 0) is 42.9 Å². The van der Waals surface area contributed by atoms with Crippen molar-refractivity contribution in [1.82, 2.24) is 4.90 Å². The molecule has 2 aromatic carbocycles. The van der Waals surface area contributed by atoms with Gasteiger partial charge < -0.3 is 5.32 Å². The summed E-state index contributed by atoms with van der Waals surface area (Å²) in [6, 6.07) is 11.1. The second kappa shape index (κ2) is 7.58. The number of carbonyl (C=O) groups excluding carboxylic acids is 1. The number of carbonyl (C=O) groups is 1. The lowest BCUT2D eigenvalue weighted by molar-refractivity contribution is -0.117. The molecule has 0 radical (unpaired) electrons. The number of anilines is 1. The molecule has 6 heteroatoms. The van der Waals surface area contributed by atoms with Crippen molar-refractivity contribution in [3.05, 3.63) is 63.9 Å². The van der Waals surface area contributed by atoms with Crippen LogP contribution in [0.4, 0.5) is 10.1 Å².